The van der Waals surface area contributed by atoms with Crippen LogP contribution in [-0.2, 0) is 89.3 Å². The van der Waals surface area contributed by atoms with E-state index in [2.05, 4.69) is 60.4 Å². The fraction of sp³-hybridized carbons (Fsp3) is 0.759. The maximum absolute atomic E-state index is 12.4. The molecule has 396 valence electrons. The van der Waals surface area contributed by atoms with E-state index in [1.165, 1.54) is 10.9 Å². The van der Waals surface area contributed by atoms with Crippen LogP contribution < -0.4 is 5.73 Å². The molecule has 10 N–H and O–H groups in total. The van der Waals surface area contributed by atoms with E-state index in [0.29, 0.717) is 38.6 Å². The van der Waals surface area contributed by atoms with Crippen LogP contribution in [0.4, 0.5) is 5.82 Å². The van der Waals surface area contributed by atoms with Gasteiger partial charge in [-0.05, 0) is 39.0 Å². The minimum Gasteiger partial charge on any atom is -0.390 e. The van der Waals surface area contributed by atoms with Gasteiger partial charge in [0.15, 0.2) is 11.5 Å². The normalized spacial score (nSPS) is 22.8. The van der Waals surface area contributed by atoms with Crippen LogP contribution in [0, 0.1) is 0 Å². The number of phosphoric acid groups is 7. The number of imidazole rings is 1. The quantitative estimate of drug-likeness (QED) is 0.0275. The molecule has 33 nitrogen and oxygen atoms in total. The Morgan fingerprint density at radius 2 is 1.16 bits per heavy atom. The second-order valence-electron chi connectivity index (χ2n) is 14.7. The summed E-state index contributed by atoms with van der Waals surface area (Å²) in [5.74, 6) is 0.0410. The number of aryl methyl sites for hydroxylation is 2. The molecule has 4 rings (SSSR count). The van der Waals surface area contributed by atoms with Crippen LogP contribution in [-0.4, -0.2) is 113 Å². The van der Waals surface area contributed by atoms with Crippen molar-refractivity contribution in [2.24, 2.45) is 0 Å². The molecule has 1 fully saturated rings. The van der Waals surface area contributed by atoms with Crippen LogP contribution in [0.15, 0.2) is 18.9 Å². The molecule has 0 spiro atoms. The van der Waals surface area contributed by atoms with E-state index in [1.807, 2.05) is 6.20 Å². The van der Waals surface area contributed by atoms with Crippen LogP contribution in [0.25, 0.3) is 11.2 Å². The first kappa shape index (κ1) is 59.9. The van der Waals surface area contributed by atoms with Gasteiger partial charge >= 0.3 is 54.8 Å². The molecule has 1 saturated heterocycles. The highest BCUT2D eigenvalue weighted by atomic mass is 31.3. The number of fused-ring (bicyclic) bond motifs is 1. The Morgan fingerprint density at radius 3 is 1.74 bits per heavy atom. The fourth-order valence-electron chi connectivity index (χ4n) is 6.19. The summed E-state index contributed by atoms with van der Waals surface area (Å²) < 4.78 is 131. The van der Waals surface area contributed by atoms with Crippen molar-refractivity contribution >= 4 is 71.7 Å². The number of aliphatic hydroxyl groups excluding tert-OH is 1. The van der Waals surface area contributed by atoms with Crippen molar-refractivity contribution in [3.8, 4) is 0 Å². The molecule has 0 saturated carbocycles. The molecule has 3 aromatic rings. The third kappa shape index (κ3) is 22.2. The molecule has 1 aliphatic heterocycles. The number of rotatable bonds is 35. The van der Waals surface area contributed by atoms with Gasteiger partial charge in [-0.1, -0.05) is 50.2 Å². The van der Waals surface area contributed by atoms with Gasteiger partial charge in [-0.15, -0.1) is 5.10 Å². The third-order valence-corrected chi connectivity index (χ3v) is 19.4. The zero-order chi connectivity index (χ0) is 51.2. The average Bonchev–Trinajstić information content (AvgIpc) is 3.93. The average molecular weight is 1130 g/mol. The Balaban J connectivity index is 1.06. The number of phosphoric ester groups is 3. The standard InChI is InChI=1S/C29H55N8O25P7/c1-2-53-63(39,40)54-17-13-10-14-23-19-36(35-34-23)15-11-8-6-4-3-5-7-9-12-16-55-64(41,42)58-66(45,46)60-68(49,50)62-69(51,52)61-67(47,48)59-65(43,44)56-20-25-24(38)18-26(57-25)37-22-33-27-28(30)31-21-32-29(27)37/h19,21-22,24-26,38H,2-18,20H2,1H3,(H,39,40)(H,41,42)(H,43,44)(H,45,46)(H,47,48)(H,49,50)(H,51,52)(H2,30,31,32)/t24?,25-,26-/m0/s1. The lowest BCUT2D eigenvalue weighted by Gasteiger charge is -2.21. The SMILES string of the molecule is CCOP(=O)(O)OCCCCc1cn(CCCCCCCCCCCOP(=O)(O)OP(=O)(O)OP(=O)(O)OP(=O)(O)OP(=O)(O)OP(=O)(O)OC[C@@H]2O[C@H](n3cnc4c(N)ncnc43)CC2O)nn1. The molecule has 0 radical (unpaired) electrons. The van der Waals surface area contributed by atoms with Crippen molar-refractivity contribution < 1.29 is 116 Å². The van der Waals surface area contributed by atoms with Gasteiger partial charge in [-0.2, -0.15) is 21.6 Å². The summed E-state index contributed by atoms with van der Waals surface area (Å²) >= 11 is 0. The topological polar surface area (TPSA) is 474 Å². The van der Waals surface area contributed by atoms with Gasteiger partial charge in [0.05, 0.1) is 44.6 Å². The van der Waals surface area contributed by atoms with Crippen molar-refractivity contribution in [2.75, 3.05) is 32.2 Å². The molecular formula is C29H55N8O25P7. The lowest BCUT2D eigenvalue weighted by molar-refractivity contribution is -0.0423. The highest BCUT2D eigenvalue weighted by Gasteiger charge is 2.50. The zero-order valence-corrected chi connectivity index (χ0v) is 42.8. The number of ether oxygens (including phenoxy) is 1. The van der Waals surface area contributed by atoms with Crippen molar-refractivity contribution in [3.63, 3.8) is 0 Å². The summed E-state index contributed by atoms with van der Waals surface area (Å²) in [6.45, 7) is 0.942. The minimum atomic E-state index is -6.46. The predicted octanol–water partition coefficient (Wildman–Crippen LogP) is 5.05. The van der Waals surface area contributed by atoms with Gasteiger partial charge in [-0.25, -0.2) is 46.9 Å². The Morgan fingerprint density at radius 1 is 0.652 bits per heavy atom. The molecule has 69 heavy (non-hydrogen) atoms. The first-order valence-corrected chi connectivity index (χ1v) is 31.2. The number of aromatic nitrogens is 7. The predicted molar refractivity (Wildman–Crippen MR) is 232 cm³/mol. The molecule has 0 amide bonds. The number of nitrogen functional groups attached to an aromatic ring is 1. The summed E-state index contributed by atoms with van der Waals surface area (Å²) in [5, 5.41) is 18.6. The molecule has 8 unspecified atom stereocenters. The molecular weight excluding hydrogens is 1080 g/mol. The second-order valence-corrected chi connectivity index (χ2v) is 25.6. The van der Waals surface area contributed by atoms with E-state index in [9.17, 15) is 71.3 Å². The first-order chi connectivity index (χ1) is 32.1. The van der Waals surface area contributed by atoms with E-state index >= 15 is 0 Å². The molecule has 40 heteroatoms. The van der Waals surface area contributed by atoms with Gasteiger partial charge < -0.3 is 49.8 Å². The van der Waals surface area contributed by atoms with Crippen LogP contribution in [0.1, 0.15) is 95.9 Å². The maximum atomic E-state index is 12.4. The summed E-state index contributed by atoms with van der Waals surface area (Å²) in [7, 11) is -40.7. The van der Waals surface area contributed by atoms with Crippen LogP contribution >= 0.6 is 54.8 Å². The summed E-state index contributed by atoms with van der Waals surface area (Å²) in [5.41, 5.74) is 6.96. The van der Waals surface area contributed by atoms with E-state index in [0.717, 1.165) is 50.5 Å². The van der Waals surface area contributed by atoms with Crippen molar-refractivity contribution in [3.05, 3.63) is 24.5 Å². The number of unbranched alkanes of at least 4 members (excludes halogenated alkanes) is 9. The molecule has 10 atom stereocenters. The van der Waals surface area contributed by atoms with Crippen molar-refractivity contribution in [1.82, 2.24) is 34.5 Å². The van der Waals surface area contributed by atoms with E-state index < -0.39 is 86.4 Å². The largest absolute Gasteiger partial charge is 0.490 e. The molecule has 0 aliphatic carbocycles. The lowest BCUT2D eigenvalue weighted by atomic mass is 10.1. The van der Waals surface area contributed by atoms with Crippen LogP contribution in [0.3, 0.4) is 0 Å². The fourth-order valence-corrected chi connectivity index (χ4v) is 14.8. The summed E-state index contributed by atoms with van der Waals surface area (Å²) in [4.78, 5) is 80.1. The number of nitrogens with zero attached hydrogens (tertiary/aromatic N) is 7. The Bertz CT molecular complexity index is 2470. The molecule has 1 aliphatic rings. The first-order valence-electron chi connectivity index (χ1n) is 20.7. The highest BCUT2D eigenvalue weighted by Crippen LogP contribution is 2.75. The number of aliphatic hydroxyl groups is 1. The van der Waals surface area contributed by atoms with Crippen LogP contribution in [0.2, 0.25) is 0 Å². The zero-order valence-electron chi connectivity index (χ0n) is 36.5. The summed E-state index contributed by atoms with van der Waals surface area (Å²) in [6.07, 6.45) is 9.10. The van der Waals surface area contributed by atoms with Crippen molar-refractivity contribution in [2.45, 2.75) is 115 Å². The van der Waals surface area contributed by atoms with Gasteiger partial charge in [0.1, 0.15) is 24.2 Å². The Hall–Kier alpha value is -1.62. The van der Waals surface area contributed by atoms with Crippen LogP contribution in [0.5, 0.6) is 0 Å². The number of anilines is 1. The molecule has 0 bridgehead atoms. The Kier molecular flexibility index (Phi) is 23.1. The monoisotopic (exact) mass is 1130 g/mol. The maximum Gasteiger partial charge on any atom is 0.490 e. The van der Waals surface area contributed by atoms with Gasteiger partial charge in [0.2, 0.25) is 0 Å². The smallest absolute Gasteiger partial charge is 0.390 e. The lowest BCUT2D eigenvalue weighted by Crippen LogP contribution is -2.26. The van der Waals surface area contributed by atoms with Gasteiger partial charge in [-0.3, -0.25) is 27.3 Å². The number of hydrogen-bond donors (Lipinski definition) is 9. The molecule has 0 aromatic carbocycles. The Labute approximate surface area is 393 Å². The van der Waals surface area contributed by atoms with E-state index in [1.54, 1.807) is 11.6 Å². The van der Waals surface area contributed by atoms with Gasteiger partial charge in [0, 0.05) is 19.2 Å². The van der Waals surface area contributed by atoms with E-state index in [4.69, 9.17) is 15.0 Å². The van der Waals surface area contributed by atoms with Gasteiger partial charge in [0.25, 0.3) is 0 Å². The third-order valence-electron chi connectivity index (χ3n) is 9.08. The van der Waals surface area contributed by atoms with E-state index in [-0.39, 0.29) is 43.0 Å². The highest BCUT2D eigenvalue weighted by molar-refractivity contribution is 7.72. The molecule has 4 heterocycles. The number of hydrogen-bond acceptors (Lipinski definition) is 24. The second kappa shape index (κ2) is 26.5. The molecule has 3 aromatic heterocycles. The summed E-state index contributed by atoms with van der Waals surface area (Å²) in [6, 6.07) is 0. The number of nitrogens with two attached hydrogens (primary N) is 1. The van der Waals surface area contributed by atoms with Crippen molar-refractivity contribution in [1.29, 1.82) is 0 Å². The minimum absolute atomic E-state index is 0.0410.